The molecule has 0 aliphatic carbocycles. The third-order valence-electron chi connectivity index (χ3n) is 4.08. The van der Waals surface area contributed by atoms with Gasteiger partial charge in [-0.2, -0.15) is 0 Å². The monoisotopic (exact) mass is 292 g/mol. The quantitative estimate of drug-likeness (QED) is 0.426. The van der Waals surface area contributed by atoms with Crippen LogP contribution in [0.5, 0.6) is 0 Å². The summed E-state index contributed by atoms with van der Waals surface area (Å²) < 4.78 is 5.79. The lowest BCUT2D eigenvalue weighted by Crippen LogP contribution is -2.35. The Labute approximate surface area is 131 Å². The largest absolute Gasteiger partial charge is 0.375 e. The molecule has 1 rings (SSSR count). The Morgan fingerprint density at radius 1 is 1.29 bits per heavy atom. The molecular formula is C19H32O2. The van der Waals surface area contributed by atoms with Gasteiger partial charge in [0.2, 0.25) is 0 Å². The van der Waals surface area contributed by atoms with Crippen molar-refractivity contribution in [3.8, 4) is 11.8 Å². The highest BCUT2D eigenvalue weighted by Crippen LogP contribution is 2.36. The summed E-state index contributed by atoms with van der Waals surface area (Å²) in [6.07, 6.45) is 11.3. The zero-order valence-electron chi connectivity index (χ0n) is 14.2. The Hall–Kier alpha value is -0.780. The van der Waals surface area contributed by atoms with Gasteiger partial charge in [-0.05, 0) is 39.2 Å². The highest BCUT2D eigenvalue weighted by Gasteiger charge is 2.42. The van der Waals surface area contributed by atoms with Gasteiger partial charge in [0, 0.05) is 12.3 Å². The Morgan fingerprint density at radius 2 is 2.00 bits per heavy atom. The van der Waals surface area contributed by atoms with E-state index in [1.165, 1.54) is 6.42 Å². The molecule has 120 valence electrons. The normalized spacial score (nSPS) is 23.8. The molecule has 0 aromatic carbocycles. The van der Waals surface area contributed by atoms with Crippen molar-refractivity contribution < 1.29 is 9.84 Å². The molecule has 0 aromatic rings. The van der Waals surface area contributed by atoms with Gasteiger partial charge in [0.1, 0.15) is 5.60 Å². The molecular weight excluding hydrogens is 260 g/mol. The van der Waals surface area contributed by atoms with Gasteiger partial charge in [-0.1, -0.05) is 51.0 Å². The minimum absolute atomic E-state index is 0.0690. The van der Waals surface area contributed by atoms with E-state index in [1.807, 2.05) is 6.08 Å². The van der Waals surface area contributed by atoms with Crippen molar-refractivity contribution in [1.29, 1.82) is 0 Å². The second-order valence-corrected chi connectivity index (χ2v) is 6.75. The van der Waals surface area contributed by atoms with Crippen molar-refractivity contribution in [2.75, 3.05) is 6.61 Å². The van der Waals surface area contributed by atoms with Crippen molar-refractivity contribution >= 4 is 0 Å². The van der Waals surface area contributed by atoms with Gasteiger partial charge < -0.3 is 9.84 Å². The summed E-state index contributed by atoms with van der Waals surface area (Å²) >= 11 is 0. The van der Waals surface area contributed by atoms with E-state index in [1.54, 1.807) is 0 Å². The molecule has 21 heavy (non-hydrogen) atoms. The lowest BCUT2D eigenvalue weighted by molar-refractivity contribution is 0.0270. The van der Waals surface area contributed by atoms with Crippen molar-refractivity contribution in [3.05, 3.63) is 12.2 Å². The molecule has 2 nitrogen and oxygen atoms in total. The maximum absolute atomic E-state index is 11.0. The zero-order chi connectivity index (χ0) is 15.8. The van der Waals surface area contributed by atoms with Crippen molar-refractivity contribution in [2.24, 2.45) is 5.92 Å². The summed E-state index contributed by atoms with van der Waals surface area (Å²) in [5, 5.41) is 11.0. The number of aliphatic hydroxyl groups is 1. The average Bonchev–Trinajstić information content (AvgIpc) is 2.81. The second-order valence-electron chi connectivity index (χ2n) is 6.75. The van der Waals surface area contributed by atoms with E-state index in [9.17, 15) is 5.11 Å². The van der Waals surface area contributed by atoms with E-state index < -0.39 is 5.60 Å². The van der Waals surface area contributed by atoms with Crippen LogP contribution in [0.15, 0.2) is 12.2 Å². The molecule has 0 spiro atoms. The topological polar surface area (TPSA) is 29.5 Å². The third-order valence-corrected chi connectivity index (χ3v) is 4.08. The molecule has 0 unspecified atom stereocenters. The number of hydrogen-bond donors (Lipinski definition) is 1. The first-order valence-corrected chi connectivity index (χ1v) is 8.47. The summed E-state index contributed by atoms with van der Waals surface area (Å²) in [4.78, 5) is 0. The van der Waals surface area contributed by atoms with Crippen LogP contribution < -0.4 is 0 Å². The number of unbranched alkanes of at least 4 members (excludes halogenated alkanes) is 4. The van der Waals surface area contributed by atoms with E-state index >= 15 is 0 Å². The number of ether oxygens (including phenoxy) is 1. The van der Waals surface area contributed by atoms with Crippen molar-refractivity contribution in [2.45, 2.75) is 83.8 Å². The van der Waals surface area contributed by atoms with Crippen LogP contribution in [0.25, 0.3) is 0 Å². The molecule has 1 aliphatic heterocycles. The first-order chi connectivity index (χ1) is 9.93. The zero-order valence-corrected chi connectivity index (χ0v) is 14.2. The van der Waals surface area contributed by atoms with Crippen molar-refractivity contribution in [1.82, 2.24) is 0 Å². The van der Waals surface area contributed by atoms with Crippen LogP contribution in [0.3, 0.4) is 0 Å². The maximum atomic E-state index is 11.0. The Kier molecular flexibility index (Phi) is 7.49. The second kappa shape index (κ2) is 8.61. The molecule has 1 heterocycles. The summed E-state index contributed by atoms with van der Waals surface area (Å²) in [7, 11) is 0. The lowest BCUT2D eigenvalue weighted by Gasteiger charge is -2.25. The molecule has 1 N–H and O–H groups in total. The standard InChI is InChI=1S/C19H32O2/c1-5-7-9-11-13-19(20,14-12-10-8-6-2)17-15-18(3,4)21-16-17/h11,13,17,20H,5-10,15-16H2,1-4H3/b13-11+/t17-,19-/m0/s1. The fraction of sp³-hybridized carbons (Fsp3) is 0.789. The molecule has 0 bridgehead atoms. The highest BCUT2D eigenvalue weighted by molar-refractivity contribution is 5.26. The molecule has 1 aliphatic rings. The van der Waals surface area contributed by atoms with Crippen LogP contribution in [0.1, 0.15) is 72.6 Å². The molecule has 2 atom stereocenters. The van der Waals surface area contributed by atoms with Gasteiger partial charge >= 0.3 is 0 Å². The van der Waals surface area contributed by atoms with Gasteiger partial charge in [0.25, 0.3) is 0 Å². The first-order valence-electron chi connectivity index (χ1n) is 8.47. The molecule has 1 saturated heterocycles. The fourth-order valence-corrected chi connectivity index (χ4v) is 2.65. The van der Waals surface area contributed by atoms with E-state index in [2.05, 4.69) is 45.6 Å². The summed E-state index contributed by atoms with van der Waals surface area (Å²) in [6.45, 7) is 9.09. The van der Waals surface area contributed by atoms with Crippen LogP contribution in [0, 0.1) is 17.8 Å². The smallest absolute Gasteiger partial charge is 0.149 e. The van der Waals surface area contributed by atoms with Gasteiger partial charge in [-0.3, -0.25) is 0 Å². The minimum atomic E-state index is -1.03. The van der Waals surface area contributed by atoms with Crippen LogP contribution in [0.4, 0.5) is 0 Å². The summed E-state index contributed by atoms with van der Waals surface area (Å²) in [6, 6.07) is 0. The van der Waals surface area contributed by atoms with Crippen LogP contribution in [0.2, 0.25) is 0 Å². The van der Waals surface area contributed by atoms with E-state index in [0.717, 1.165) is 38.5 Å². The average molecular weight is 292 g/mol. The van der Waals surface area contributed by atoms with Crippen LogP contribution >= 0.6 is 0 Å². The number of allylic oxidation sites excluding steroid dienone is 1. The van der Waals surface area contributed by atoms with Gasteiger partial charge in [-0.25, -0.2) is 0 Å². The van der Waals surface area contributed by atoms with E-state index in [0.29, 0.717) is 6.61 Å². The van der Waals surface area contributed by atoms with E-state index in [4.69, 9.17) is 4.74 Å². The van der Waals surface area contributed by atoms with E-state index in [-0.39, 0.29) is 11.5 Å². The summed E-state index contributed by atoms with van der Waals surface area (Å²) in [5.74, 6) is 6.36. The summed E-state index contributed by atoms with van der Waals surface area (Å²) in [5.41, 5.74) is -1.18. The van der Waals surface area contributed by atoms with Crippen LogP contribution in [-0.2, 0) is 4.74 Å². The maximum Gasteiger partial charge on any atom is 0.149 e. The predicted molar refractivity (Wildman–Crippen MR) is 89.1 cm³/mol. The molecule has 1 fully saturated rings. The molecule has 0 amide bonds. The Bertz CT molecular complexity index is 386. The van der Waals surface area contributed by atoms with Crippen molar-refractivity contribution in [3.63, 3.8) is 0 Å². The van der Waals surface area contributed by atoms with Gasteiger partial charge in [0.05, 0.1) is 12.2 Å². The van der Waals surface area contributed by atoms with Crippen LogP contribution in [-0.4, -0.2) is 22.9 Å². The highest BCUT2D eigenvalue weighted by atomic mass is 16.5. The number of hydrogen-bond acceptors (Lipinski definition) is 2. The third kappa shape index (κ3) is 6.24. The first kappa shape index (κ1) is 18.3. The molecule has 0 aromatic heterocycles. The molecule has 0 radical (unpaired) electrons. The Morgan fingerprint density at radius 3 is 2.57 bits per heavy atom. The molecule has 2 heteroatoms. The predicted octanol–water partition coefficient (Wildman–Crippen LogP) is 4.47. The fourth-order valence-electron chi connectivity index (χ4n) is 2.65. The van der Waals surface area contributed by atoms with Gasteiger partial charge in [-0.15, -0.1) is 0 Å². The number of rotatable bonds is 7. The molecule has 0 saturated carbocycles. The van der Waals surface area contributed by atoms with Gasteiger partial charge in [0.15, 0.2) is 0 Å². The Balaban J connectivity index is 2.77. The minimum Gasteiger partial charge on any atom is -0.375 e. The SMILES string of the molecule is CCCCC#C[C@@](O)(/C=C/CCCC)[C@@H]1COC(C)(C)C1. The lowest BCUT2D eigenvalue weighted by atomic mass is 9.82.